The maximum atomic E-state index is 12.4. The Bertz CT molecular complexity index is 775. The van der Waals surface area contributed by atoms with E-state index >= 15 is 0 Å². The van der Waals surface area contributed by atoms with Crippen LogP contribution in [0.3, 0.4) is 0 Å². The van der Waals surface area contributed by atoms with Crippen molar-refractivity contribution in [1.82, 2.24) is 4.90 Å². The minimum atomic E-state index is -1.44. The quantitative estimate of drug-likeness (QED) is 0.869. The number of likely N-dealkylation sites (N-methyl/N-ethyl adjacent to an activating group) is 1. The molecule has 1 N–H and O–H groups in total. The number of hydrogen-bond donors (Lipinski definition) is 1. The van der Waals surface area contributed by atoms with Gasteiger partial charge in [-0.2, -0.15) is 0 Å². The van der Waals surface area contributed by atoms with Crippen LogP contribution in [-0.2, 0) is 4.79 Å². The van der Waals surface area contributed by atoms with E-state index in [0.717, 1.165) is 4.90 Å². The summed E-state index contributed by atoms with van der Waals surface area (Å²) in [7, 11) is 1.34. The predicted molar refractivity (Wildman–Crippen MR) is 76.3 cm³/mol. The normalized spacial score (nSPS) is 11.4. The first kappa shape index (κ1) is 14.8. The Labute approximate surface area is 120 Å². The molecule has 0 radical (unpaired) electrons. The van der Waals surface area contributed by atoms with Crippen LogP contribution >= 0.6 is 0 Å². The van der Waals surface area contributed by atoms with Gasteiger partial charge < -0.3 is 14.4 Å². The average Bonchev–Trinajstić information content (AvgIpc) is 2.44. The van der Waals surface area contributed by atoms with Gasteiger partial charge in [-0.05, 0) is 26.0 Å². The minimum Gasteiger partial charge on any atom is -0.480 e. The number of hydrogen-bond acceptors (Lipinski definition) is 4. The number of para-hydroxylation sites is 1. The second-order valence-corrected chi connectivity index (χ2v) is 5.21. The van der Waals surface area contributed by atoms with Gasteiger partial charge in [0.05, 0.1) is 0 Å². The number of amides is 1. The zero-order valence-electron chi connectivity index (χ0n) is 11.9. The van der Waals surface area contributed by atoms with E-state index in [1.54, 1.807) is 24.3 Å². The van der Waals surface area contributed by atoms with Crippen LogP contribution in [0.1, 0.15) is 24.2 Å². The number of benzene rings is 1. The topological polar surface area (TPSA) is 87.8 Å². The molecule has 6 heteroatoms. The van der Waals surface area contributed by atoms with Crippen LogP contribution in [0.2, 0.25) is 0 Å². The number of carboxylic acids is 1. The molecular formula is C15H15NO5. The zero-order chi connectivity index (χ0) is 15.8. The maximum Gasteiger partial charge on any atom is 0.349 e. The van der Waals surface area contributed by atoms with Crippen LogP contribution in [0, 0.1) is 0 Å². The third-order valence-corrected chi connectivity index (χ3v) is 3.54. The van der Waals surface area contributed by atoms with Crippen molar-refractivity contribution in [2.45, 2.75) is 19.4 Å². The lowest BCUT2D eigenvalue weighted by Crippen LogP contribution is -2.51. The Morgan fingerprint density at radius 2 is 1.86 bits per heavy atom. The van der Waals surface area contributed by atoms with E-state index in [0.29, 0.717) is 11.0 Å². The fourth-order valence-electron chi connectivity index (χ4n) is 1.79. The second kappa shape index (κ2) is 5.05. The van der Waals surface area contributed by atoms with E-state index < -0.39 is 23.0 Å². The molecule has 0 aliphatic rings. The first-order valence-corrected chi connectivity index (χ1v) is 6.29. The molecule has 0 saturated carbocycles. The van der Waals surface area contributed by atoms with Gasteiger partial charge in [0.2, 0.25) is 0 Å². The number of carbonyl (C=O) groups excluding carboxylic acids is 1. The minimum absolute atomic E-state index is 0.189. The van der Waals surface area contributed by atoms with Crippen molar-refractivity contribution in [3.8, 4) is 0 Å². The van der Waals surface area contributed by atoms with E-state index in [2.05, 4.69) is 0 Å². The van der Waals surface area contributed by atoms with Crippen LogP contribution < -0.4 is 5.63 Å². The van der Waals surface area contributed by atoms with E-state index in [1.165, 1.54) is 27.0 Å². The van der Waals surface area contributed by atoms with Gasteiger partial charge in [0.25, 0.3) is 5.91 Å². The smallest absolute Gasteiger partial charge is 0.349 e. The molecule has 1 heterocycles. The van der Waals surface area contributed by atoms with Crippen molar-refractivity contribution in [1.29, 1.82) is 0 Å². The molecule has 21 heavy (non-hydrogen) atoms. The molecule has 2 aromatic rings. The van der Waals surface area contributed by atoms with Crippen molar-refractivity contribution in [3.05, 3.63) is 46.3 Å². The van der Waals surface area contributed by atoms with Crippen LogP contribution in [0.25, 0.3) is 11.0 Å². The molecule has 0 saturated heterocycles. The van der Waals surface area contributed by atoms with Gasteiger partial charge in [-0.1, -0.05) is 18.2 Å². The van der Waals surface area contributed by atoms with Gasteiger partial charge in [-0.25, -0.2) is 9.59 Å². The summed E-state index contributed by atoms with van der Waals surface area (Å²) in [5, 5.41) is 9.75. The SMILES string of the molecule is CN(C(=O)c1cc2ccccc2oc1=O)C(C)(C)C(=O)O. The zero-order valence-corrected chi connectivity index (χ0v) is 11.9. The van der Waals surface area contributed by atoms with Crippen LogP contribution in [0.4, 0.5) is 0 Å². The molecule has 0 unspecified atom stereocenters. The Hall–Kier alpha value is -2.63. The summed E-state index contributed by atoms with van der Waals surface area (Å²) in [5.41, 5.74) is -2.04. The Morgan fingerprint density at radius 3 is 2.48 bits per heavy atom. The lowest BCUT2D eigenvalue weighted by atomic mass is 10.0. The van der Waals surface area contributed by atoms with Gasteiger partial charge in [0.1, 0.15) is 16.7 Å². The van der Waals surface area contributed by atoms with Crippen molar-refractivity contribution in [2.24, 2.45) is 0 Å². The highest BCUT2D eigenvalue weighted by Crippen LogP contribution is 2.18. The molecule has 110 valence electrons. The molecule has 0 aliphatic heterocycles. The molecule has 6 nitrogen and oxygen atoms in total. The van der Waals surface area contributed by atoms with E-state index in [9.17, 15) is 14.4 Å². The van der Waals surface area contributed by atoms with Gasteiger partial charge in [0, 0.05) is 12.4 Å². The van der Waals surface area contributed by atoms with Crippen molar-refractivity contribution >= 4 is 22.8 Å². The summed E-state index contributed by atoms with van der Waals surface area (Å²) >= 11 is 0. The number of nitrogens with zero attached hydrogens (tertiary/aromatic N) is 1. The highest BCUT2D eigenvalue weighted by atomic mass is 16.4. The van der Waals surface area contributed by atoms with Gasteiger partial charge in [-0.15, -0.1) is 0 Å². The number of rotatable bonds is 3. The highest BCUT2D eigenvalue weighted by molar-refractivity contribution is 5.99. The molecule has 1 amide bonds. The van der Waals surface area contributed by atoms with Gasteiger partial charge >= 0.3 is 11.6 Å². The summed E-state index contributed by atoms with van der Waals surface area (Å²) in [6, 6.07) is 8.21. The van der Waals surface area contributed by atoms with Gasteiger partial charge in [0.15, 0.2) is 0 Å². The molecule has 0 aliphatic carbocycles. The van der Waals surface area contributed by atoms with Crippen molar-refractivity contribution in [3.63, 3.8) is 0 Å². The average molecular weight is 289 g/mol. The number of carbonyl (C=O) groups is 2. The monoisotopic (exact) mass is 289 g/mol. The lowest BCUT2D eigenvalue weighted by Gasteiger charge is -2.31. The molecule has 0 bridgehead atoms. The highest BCUT2D eigenvalue weighted by Gasteiger charge is 2.36. The first-order chi connectivity index (χ1) is 9.75. The largest absolute Gasteiger partial charge is 0.480 e. The fourth-order valence-corrected chi connectivity index (χ4v) is 1.79. The number of carboxylic acid groups (broad SMARTS) is 1. The van der Waals surface area contributed by atoms with Crippen molar-refractivity contribution in [2.75, 3.05) is 7.05 Å². The molecule has 1 aromatic carbocycles. The molecular weight excluding hydrogens is 274 g/mol. The van der Waals surface area contributed by atoms with Crippen LogP contribution in [0.15, 0.2) is 39.5 Å². The predicted octanol–water partition coefficient (Wildman–Crippen LogP) is 1.73. The molecule has 0 fully saturated rings. The standard InChI is InChI=1S/C15H15NO5/c1-15(2,14(19)20)16(3)12(17)10-8-9-6-4-5-7-11(9)21-13(10)18/h4-8H,1-3H3,(H,19,20). The maximum absolute atomic E-state index is 12.4. The number of aliphatic carboxylic acids is 1. The third kappa shape index (κ3) is 2.52. The molecule has 0 spiro atoms. The summed E-state index contributed by atoms with van der Waals surface area (Å²) in [5.74, 6) is -1.86. The molecule has 0 atom stereocenters. The van der Waals surface area contributed by atoms with Crippen LogP contribution in [0.5, 0.6) is 0 Å². The van der Waals surface area contributed by atoms with Gasteiger partial charge in [-0.3, -0.25) is 4.79 Å². The number of fused-ring (bicyclic) bond motifs is 1. The van der Waals surface area contributed by atoms with Crippen molar-refractivity contribution < 1.29 is 19.1 Å². The van der Waals surface area contributed by atoms with E-state index in [1.807, 2.05) is 0 Å². The molecule has 2 rings (SSSR count). The molecule has 1 aromatic heterocycles. The summed E-state index contributed by atoms with van der Waals surface area (Å²) in [6.07, 6.45) is 0. The Kier molecular flexibility index (Phi) is 3.55. The second-order valence-electron chi connectivity index (χ2n) is 5.21. The van der Waals surface area contributed by atoms with E-state index in [-0.39, 0.29) is 5.56 Å². The summed E-state index contributed by atoms with van der Waals surface area (Å²) in [4.78, 5) is 36.5. The first-order valence-electron chi connectivity index (χ1n) is 6.29. The Balaban J connectivity index is 2.51. The van der Waals surface area contributed by atoms with E-state index in [4.69, 9.17) is 9.52 Å². The third-order valence-electron chi connectivity index (χ3n) is 3.54. The lowest BCUT2D eigenvalue weighted by molar-refractivity contribution is -0.147. The summed E-state index contributed by atoms with van der Waals surface area (Å²) in [6.45, 7) is 2.77. The fraction of sp³-hybridized carbons (Fsp3) is 0.267. The van der Waals surface area contributed by atoms with Crippen LogP contribution in [-0.4, -0.2) is 34.5 Å². The Morgan fingerprint density at radius 1 is 1.24 bits per heavy atom. The summed E-state index contributed by atoms with van der Waals surface area (Å²) < 4.78 is 5.09.